The Bertz CT molecular complexity index is 73.3. The first-order valence-electron chi connectivity index (χ1n) is 3.94. The Balaban J connectivity index is 0.0000001000. The molecule has 2 fully saturated rings. The van der Waals surface area contributed by atoms with Gasteiger partial charge in [0.2, 0.25) is 0 Å². The molecule has 0 N–H and O–H groups in total. The Kier molecular flexibility index (Phi) is 3.16. The molecule has 0 radical (unpaired) electrons. The zero-order valence-corrected chi connectivity index (χ0v) is 6.80. The molecule has 60 valence electrons. The van der Waals surface area contributed by atoms with Gasteiger partial charge in [0, 0.05) is 11.8 Å². The minimum atomic E-state index is 0.843. The van der Waals surface area contributed by atoms with Crippen LogP contribution in [0.2, 0.25) is 0 Å². The highest BCUT2D eigenvalue weighted by molar-refractivity contribution is 4.56. The van der Waals surface area contributed by atoms with Crippen molar-refractivity contribution >= 4 is 0 Å². The first-order chi connectivity index (χ1) is 4.79. The highest BCUT2D eigenvalue weighted by Gasteiger charge is 2.10. The van der Waals surface area contributed by atoms with Gasteiger partial charge in [0.25, 0.3) is 0 Å². The van der Waals surface area contributed by atoms with Gasteiger partial charge in [-0.05, 0) is 0 Å². The lowest BCUT2D eigenvalue weighted by Crippen LogP contribution is -2.23. The second-order valence-corrected chi connectivity index (χ2v) is 3.29. The second-order valence-electron chi connectivity index (χ2n) is 3.29. The van der Waals surface area contributed by atoms with Crippen molar-refractivity contribution in [1.82, 2.24) is 0 Å². The molecule has 0 amide bonds. The van der Waals surface area contributed by atoms with Crippen LogP contribution in [0, 0.1) is 11.8 Å². The second kappa shape index (κ2) is 3.94. The molecule has 0 unspecified atom stereocenters. The zero-order chi connectivity index (χ0) is 7.40. The van der Waals surface area contributed by atoms with E-state index in [9.17, 15) is 0 Å². The first kappa shape index (κ1) is 8.02. The van der Waals surface area contributed by atoms with E-state index in [2.05, 4.69) is 13.8 Å². The summed E-state index contributed by atoms with van der Waals surface area (Å²) >= 11 is 0. The SMILES string of the molecule is CC1COC1.CC1COC1. The maximum Gasteiger partial charge on any atom is 0.0513 e. The fourth-order valence-electron chi connectivity index (χ4n) is 0.707. The van der Waals surface area contributed by atoms with Crippen molar-refractivity contribution in [3.05, 3.63) is 0 Å². The van der Waals surface area contributed by atoms with Gasteiger partial charge in [-0.15, -0.1) is 0 Å². The molecule has 0 saturated carbocycles. The van der Waals surface area contributed by atoms with Crippen LogP contribution in [0.5, 0.6) is 0 Å². The van der Waals surface area contributed by atoms with Crippen LogP contribution in [-0.4, -0.2) is 26.4 Å². The number of hydrogen-bond donors (Lipinski definition) is 0. The van der Waals surface area contributed by atoms with Gasteiger partial charge < -0.3 is 9.47 Å². The first-order valence-corrected chi connectivity index (χ1v) is 3.94. The van der Waals surface area contributed by atoms with Crippen molar-refractivity contribution in [2.45, 2.75) is 13.8 Å². The van der Waals surface area contributed by atoms with Crippen molar-refractivity contribution in [2.24, 2.45) is 11.8 Å². The van der Waals surface area contributed by atoms with Crippen LogP contribution in [-0.2, 0) is 9.47 Å². The average molecular weight is 144 g/mol. The summed E-state index contributed by atoms with van der Waals surface area (Å²) in [5, 5.41) is 0. The van der Waals surface area contributed by atoms with Gasteiger partial charge in [0.1, 0.15) is 0 Å². The van der Waals surface area contributed by atoms with Crippen LogP contribution >= 0.6 is 0 Å². The van der Waals surface area contributed by atoms with Gasteiger partial charge in [-0.3, -0.25) is 0 Å². The molecule has 0 atom stereocenters. The maximum absolute atomic E-state index is 4.83. The van der Waals surface area contributed by atoms with E-state index in [1.54, 1.807) is 0 Å². The minimum Gasteiger partial charge on any atom is -0.381 e. The van der Waals surface area contributed by atoms with Crippen molar-refractivity contribution < 1.29 is 9.47 Å². The topological polar surface area (TPSA) is 18.5 Å². The number of ether oxygens (including phenoxy) is 2. The summed E-state index contributed by atoms with van der Waals surface area (Å²) in [6, 6.07) is 0. The fourth-order valence-corrected chi connectivity index (χ4v) is 0.707. The molecule has 2 heteroatoms. The molecule has 2 aliphatic rings. The van der Waals surface area contributed by atoms with Crippen molar-refractivity contribution in [1.29, 1.82) is 0 Å². The van der Waals surface area contributed by atoms with Gasteiger partial charge in [0.05, 0.1) is 26.4 Å². The molecule has 10 heavy (non-hydrogen) atoms. The lowest BCUT2D eigenvalue weighted by molar-refractivity contribution is -0.0221. The largest absolute Gasteiger partial charge is 0.381 e. The molecule has 0 aromatic carbocycles. The molecule has 0 spiro atoms. The van der Waals surface area contributed by atoms with Crippen LogP contribution < -0.4 is 0 Å². The molecule has 2 heterocycles. The highest BCUT2D eigenvalue weighted by Crippen LogP contribution is 2.06. The fraction of sp³-hybridized carbons (Fsp3) is 1.00. The standard InChI is InChI=1S/2C4H8O/c2*1-4-2-5-3-4/h2*4H,2-3H2,1H3. The Hall–Kier alpha value is -0.0800. The van der Waals surface area contributed by atoms with Crippen LogP contribution in [0.1, 0.15) is 13.8 Å². The van der Waals surface area contributed by atoms with E-state index in [0.717, 1.165) is 38.3 Å². The molecular formula is C8H16O2. The van der Waals surface area contributed by atoms with Gasteiger partial charge in [-0.2, -0.15) is 0 Å². The van der Waals surface area contributed by atoms with E-state index in [1.807, 2.05) is 0 Å². The van der Waals surface area contributed by atoms with Crippen molar-refractivity contribution in [3.63, 3.8) is 0 Å². The van der Waals surface area contributed by atoms with E-state index >= 15 is 0 Å². The van der Waals surface area contributed by atoms with E-state index in [0.29, 0.717) is 0 Å². The van der Waals surface area contributed by atoms with Gasteiger partial charge in [0.15, 0.2) is 0 Å². The molecule has 0 aromatic heterocycles. The van der Waals surface area contributed by atoms with E-state index in [4.69, 9.17) is 9.47 Å². The molecule has 2 saturated heterocycles. The van der Waals surface area contributed by atoms with Crippen molar-refractivity contribution in [2.75, 3.05) is 26.4 Å². The smallest absolute Gasteiger partial charge is 0.0513 e. The molecule has 2 rings (SSSR count). The molecule has 2 aliphatic heterocycles. The van der Waals surface area contributed by atoms with E-state index < -0.39 is 0 Å². The lowest BCUT2D eigenvalue weighted by Gasteiger charge is -2.20. The van der Waals surface area contributed by atoms with E-state index in [-0.39, 0.29) is 0 Å². The van der Waals surface area contributed by atoms with Crippen molar-refractivity contribution in [3.8, 4) is 0 Å². The van der Waals surface area contributed by atoms with Crippen LogP contribution in [0.4, 0.5) is 0 Å². The van der Waals surface area contributed by atoms with Crippen LogP contribution in [0.3, 0.4) is 0 Å². The highest BCUT2D eigenvalue weighted by atomic mass is 16.5. The molecule has 0 bridgehead atoms. The summed E-state index contributed by atoms with van der Waals surface area (Å²) in [6.45, 7) is 8.31. The monoisotopic (exact) mass is 144 g/mol. The number of rotatable bonds is 0. The minimum absolute atomic E-state index is 0.843. The Morgan fingerprint density at radius 2 is 1.00 bits per heavy atom. The van der Waals surface area contributed by atoms with E-state index in [1.165, 1.54) is 0 Å². The third-order valence-electron chi connectivity index (χ3n) is 1.61. The summed E-state index contributed by atoms with van der Waals surface area (Å²) in [4.78, 5) is 0. The van der Waals surface area contributed by atoms with Gasteiger partial charge >= 0.3 is 0 Å². The molecule has 0 aromatic rings. The van der Waals surface area contributed by atoms with Gasteiger partial charge in [-0.1, -0.05) is 13.8 Å². The molecule has 2 nitrogen and oxygen atoms in total. The average Bonchev–Trinajstić information content (AvgIpc) is 1.80. The van der Waals surface area contributed by atoms with Crippen LogP contribution in [0.15, 0.2) is 0 Å². The third-order valence-corrected chi connectivity index (χ3v) is 1.61. The lowest BCUT2D eigenvalue weighted by atomic mass is 10.2. The normalized spacial score (nSPS) is 25.8. The summed E-state index contributed by atoms with van der Waals surface area (Å²) in [5.41, 5.74) is 0. The van der Waals surface area contributed by atoms with Crippen LogP contribution in [0.25, 0.3) is 0 Å². The molecule has 0 aliphatic carbocycles. The Morgan fingerprint density at radius 3 is 1.00 bits per heavy atom. The quantitative estimate of drug-likeness (QED) is 0.510. The van der Waals surface area contributed by atoms with Gasteiger partial charge in [-0.25, -0.2) is 0 Å². The number of hydrogen-bond acceptors (Lipinski definition) is 2. The summed E-state index contributed by atoms with van der Waals surface area (Å²) in [5.74, 6) is 1.69. The Morgan fingerprint density at radius 1 is 0.800 bits per heavy atom. The molecular weight excluding hydrogens is 128 g/mol. The zero-order valence-electron chi connectivity index (χ0n) is 6.80. The maximum atomic E-state index is 4.83. The summed E-state index contributed by atoms with van der Waals surface area (Å²) in [7, 11) is 0. The Labute approximate surface area is 62.5 Å². The summed E-state index contributed by atoms with van der Waals surface area (Å²) in [6.07, 6.45) is 0. The predicted octanol–water partition coefficient (Wildman–Crippen LogP) is 1.31. The predicted molar refractivity (Wildman–Crippen MR) is 40.0 cm³/mol. The summed E-state index contributed by atoms with van der Waals surface area (Å²) < 4.78 is 9.67. The third kappa shape index (κ3) is 2.67.